The molecule has 9 heteroatoms. The Morgan fingerprint density at radius 1 is 1.05 bits per heavy atom. The highest BCUT2D eigenvalue weighted by Crippen LogP contribution is 2.42. The van der Waals surface area contributed by atoms with E-state index in [9.17, 15) is 18.4 Å². The van der Waals surface area contributed by atoms with Gasteiger partial charge in [0.1, 0.15) is 11.9 Å². The molecule has 3 heterocycles. The maximum absolute atomic E-state index is 14.5. The largest absolute Gasteiger partial charge is 0.396 e. The summed E-state index contributed by atoms with van der Waals surface area (Å²) < 4.78 is 43.6. The molecule has 210 valence electrons. The van der Waals surface area contributed by atoms with Crippen LogP contribution < -0.4 is 15.5 Å². The van der Waals surface area contributed by atoms with Crippen LogP contribution in [-0.4, -0.2) is 30.0 Å². The number of alkyl halides is 3. The number of nitriles is 1. The number of allylic oxidation sites excluding steroid dienone is 2. The van der Waals surface area contributed by atoms with E-state index in [-0.39, 0.29) is 35.1 Å². The van der Waals surface area contributed by atoms with Crippen molar-refractivity contribution in [2.45, 2.75) is 31.5 Å². The molecular formula is C32H31F3N6. The molecule has 0 spiro atoms. The van der Waals surface area contributed by atoms with Gasteiger partial charge in [0.05, 0.1) is 29.4 Å². The Kier molecular flexibility index (Phi) is 8.11. The molecule has 6 nitrogen and oxygen atoms in total. The summed E-state index contributed by atoms with van der Waals surface area (Å²) in [7, 11) is 0. The van der Waals surface area contributed by atoms with Crippen LogP contribution in [0.3, 0.4) is 0 Å². The summed E-state index contributed by atoms with van der Waals surface area (Å²) in [6.45, 7) is 4.95. The van der Waals surface area contributed by atoms with E-state index in [0.29, 0.717) is 31.5 Å². The predicted molar refractivity (Wildman–Crippen MR) is 153 cm³/mol. The molecule has 1 saturated heterocycles. The summed E-state index contributed by atoms with van der Waals surface area (Å²) in [5.41, 5.74) is 3.23. The van der Waals surface area contributed by atoms with Crippen molar-refractivity contribution in [3.63, 3.8) is 0 Å². The van der Waals surface area contributed by atoms with Crippen molar-refractivity contribution in [2.24, 2.45) is 11.8 Å². The smallest absolute Gasteiger partial charge is 0.370 e. The number of nitrogens with one attached hydrogen (secondary N) is 3. The van der Waals surface area contributed by atoms with Crippen molar-refractivity contribution in [2.75, 3.05) is 18.0 Å². The van der Waals surface area contributed by atoms with Crippen LogP contribution in [0.25, 0.3) is 0 Å². The van der Waals surface area contributed by atoms with Crippen LogP contribution in [0.15, 0.2) is 103 Å². The van der Waals surface area contributed by atoms with Gasteiger partial charge in [-0.3, -0.25) is 4.98 Å². The third kappa shape index (κ3) is 6.27. The normalized spacial score (nSPS) is 18.2. The standard InChI is InChI=1S/C32H31F3N6/c1-21-16-27(32(33,34)35)28(29(37)23-12-14-41(15-13-23)26-17-22(18-36)19-38-20-26)31(39-21)40-30(24-8-4-2-5-9-24)25-10-6-3-7-11-25/h2-11,17,19-20,23,27,30,37,39-40H,1,12-16H2. The first-order valence-electron chi connectivity index (χ1n) is 13.6. The molecule has 0 bridgehead atoms. The second kappa shape index (κ2) is 11.9. The highest BCUT2D eigenvalue weighted by atomic mass is 19.4. The molecule has 0 radical (unpaired) electrons. The third-order valence-electron chi connectivity index (χ3n) is 7.73. The average Bonchev–Trinajstić information content (AvgIpc) is 3.00. The summed E-state index contributed by atoms with van der Waals surface area (Å²) in [5, 5.41) is 24.8. The van der Waals surface area contributed by atoms with Crippen molar-refractivity contribution in [3.05, 3.63) is 119 Å². The molecule has 0 aliphatic carbocycles. The zero-order valence-electron chi connectivity index (χ0n) is 22.5. The minimum absolute atomic E-state index is 0.00162. The van der Waals surface area contributed by atoms with Crippen molar-refractivity contribution in [3.8, 4) is 6.07 Å². The predicted octanol–water partition coefficient (Wildman–Crippen LogP) is 6.47. The van der Waals surface area contributed by atoms with E-state index in [1.54, 1.807) is 12.3 Å². The lowest BCUT2D eigenvalue weighted by molar-refractivity contribution is -0.163. The van der Waals surface area contributed by atoms with E-state index >= 15 is 0 Å². The summed E-state index contributed by atoms with van der Waals surface area (Å²) in [6.07, 6.45) is -0.664. The first kappa shape index (κ1) is 28.0. The van der Waals surface area contributed by atoms with Gasteiger partial charge >= 0.3 is 6.18 Å². The number of piperidine rings is 1. The SMILES string of the molecule is C=C1CC(C(F)(F)F)C(C(=N)C2CCN(c3cncc(C#N)c3)CC2)=C(NC(c2ccccc2)c2ccccc2)N1. The Bertz CT molecular complexity index is 1430. The number of anilines is 1. The van der Waals surface area contributed by atoms with Crippen molar-refractivity contribution < 1.29 is 13.2 Å². The molecule has 1 aromatic heterocycles. The number of benzene rings is 2. The molecule has 1 atom stereocenters. The average molecular weight is 557 g/mol. The summed E-state index contributed by atoms with van der Waals surface area (Å²) in [5.74, 6) is -2.01. The van der Waals surface area contributed by atoms with Gasteiger partial charge < -0.3 is 20.9 Å². The molecular weight excluding hydrogens is 525 g/mol. The highest BCUT2D eigenvalue weighted by Gasteiger charge is 2.48. The van der Waals surface area contributed by atoms with E-state index < -0.39 is 18.1 Å². The number of aromatic nitrogens is 1. The lowest BCUT2D eigenvalue weighted by Crippen LogP contribution is -2.45. The van der Waals surface area contributed by atoms with Gasteiger partial charge in [-0.05, 0) is 30.0 Å². The fourth-order valence-corrected chi connectivity index (χ4v) is 5.64. The lowest BCUT2D eigenvalue weighted by Gasteiger charge is -2.39. The molecule has 41 heavy (non-hydrogen) atoms. The van der Waals surface area contributed by atoms with E-state index in [1.165, 1.54) is 6.20 Å². The van der Waals surface area contributed by atoms with Gasteiger partial charge in [0.15, 0.2) is 0 Å². The second-order valence-corrected chi connectivity index (χ2v) is 10.4. The van der Waals surface area contributed by atoms with Gasteiger partial charge in [-0.15, -0.1) is 0 Å². The number of hydrogen-bond acceptors (Lipinski definition) is 6. The molecule has 1 unspecified atom stereocenters. The van der Waals surface area contributed by atoms with Crippen LogP contribution in [0.1, 0.15) is 42.0 Å². The Hall–Kier alpha value is -4.58. The molecule has 2 aromatic carbocycles. The maximum atomic E-state index is 14.5. The van der Waals surface area contributed by atoms with Gasteiger partial charge in [-0.25, -0.2) is 0 Å². The topological polar surface area (TPSA) is 87.8 Å². The third-order valence-corrected chi connectivity index (χ3v) is 7.73. The van der Waals surface area contributed by atoms with E-state index in [1.807, 2.05) is 60.7 Å². The van der Waals surface area contributed by atoms with Crippen LogP contribution in [0.4, 0.5) is 18.9 Å². The summed E-state index contributed by atoms with van der Waals surface area (Å²) in [6, 6.07) is 22.5. The molecule has 3 aromatic rings. The van der Waals surface area contributed by atoms with Crippen LogP contribution in [0, 0.1) is 28.6 Å². The minimum Gasteiger partial charge on any atom is -0.370 e. The van der Waals surface area contributed by atoms with Crippen molar-refractivity contribution >= 4 is 11.4 Å². The number of rotatable bonds is 7. The lowest BCUT2D eigenvalue weighted by atomic mass is 9.79. The Labute approximate surface area is 237 Å². The number of hydrogen-bond donors (Lipinski definition) is 3. The van der Waals surface area contributed by atoms with Crippen molar-refractivity contribution in [1.29, 1.82) is 10.7 Å². The first-order valence-corrected chi connectivity index (χ1v) is 13.6. The highest BCUT2D eigenvalue weighted by molar-refractivity contribution is 6.01. The maximum Gasteiger partial charge on any atom is 0.396 e. The molecule has 5 rings (SSSR count). The Morgan fingerprint density at radius 2 is 1.66 bits per heavy atom. The molecule has 3 N–H and O–H groups in total. The fraction of sp³-hybridized carbons (Fsp3) is 0.281. The van der Waals surface area contributed by atoms with Crippen LogP contribution in [0.5, 0.6) is 0 Å². The monoisotopic (exact) mass is 556 g/mol. The van der Waals surface area contributed by atoms with E-state index in [0.717, 1.165) is 16.8 Å². The molecule has 2 aliphatic rings. The Balaban J connectivity index is 1.48. The van der Waals surface area contributed by atoms with E-state index in [4.69, 9.17) is 5.41 Å². The summed E-state index contributed by atoms with van der Waals surface area (Å²) in [4.78, 5) is 6.19. The molecule has 2 aliphatic heterocycles. The Morgan fingerprint density at radius 3 is 2.22 bits per heavy atom. The number of pyridine rings is 1. The van der Waals surface area contributed by atoms with Crippen LogP contribution in [0.2, 0.25) is 0 Å². The zero-order valence-corrected chi connectivity index (χ0v) is 22.5. The van der Waals surface area contributed by atoms with Gasteiger partial charge in [0.2, 0.25) is 0 Å². The van der Waals surface area contributed by atoms with Gasteiger partial charge in [-0.1, -0.05) is 67.2 Å². The molecule has 1 fully saturated rings. The number of nitrogens with zero attached hydrogens (tertiary/aromatic N) is 3. The molecule has 0 amide bonds. The zero-order chi connectivity index (χ0) is 29.0. The fourth-order valence-electron chi connectivity index (χ4n) is 5.64. The second-order valence-electron chi connectivity index (χ2n) is 10.4. The van der Waals surface area contributed by atoms with Gasteiger partial charge in [0.25, 0.3) is 0 Å². The van der Waals surface area contributed by atoms with Crippen molar-refractivity contribution in [1.82, 2.24) is 15.6 Å². The molecule has 0 saturated carbocycles. The van der Waals surface area contributed by atoms with Crippen LogP contribution in [-0.2, 0) is 0 Å². The first-order chi connectivity index (χ1) is 19.7. The van der Waals surface area contributed by atoms with E-state index in [2.05, 4.69) is 33.2 Å². The number of halogens is 3. The van der Waals surface area contributed by atoms with Gasteiger partial charge in [0, 0.05) is 48.6 Å². The summed E-state index contributed by atoms with van der Waals surface area (Å²) >= 11 is 0. The van der Waals surface area contributed by atoms with Gasteiger partial charge in [-0.2, -0.15) is 18.4 Å². The quantitative estimate of drug-likeness (QED) is 0.291. The minimum atomic E-state index is -4.54. The van der Waals surface area contributed by atoms with Crippen LogP contribution >= 0.6 is 0 Å².